The number of piperidine rings is 1. The summed E-state index contributed by atoms with van der Waals surface area (Å²) in [6.07, 6.45) is 1.59. The van der Waals surface area contributed by atoms with Crippen molar-refractivity contribution >= 4 is 11.8 Å². The van der Waals surface area contributed by atoms with E-state index in [1.807, 2.05) is 20.8 Å². The van der Waals surface area contributed by atoms with E-state index >= 15 is 0 Å². The van der Waals surface area contributed by atoms with Crippen molar-refractivity contribution in [1.82, 2.24) is 20.0 Å². The lowest BCUT2D eigenvalue weighted by atomic mass is 9.96. The summed E-state index contributed by atoms with van der Waals surface area (Å²) in [7, 11) is 0. The average molecular weight is 453 g/mol. The Labute approximate surface area is 183 Å². The molecule has 2 aliphatic rings. The maximum Gasteiger partial charge on any atom is 0.410 e. The summed E-state index contributed by atoms with van der Waals surface area (Å²) in [6.45, 7) is 5.99. The molecule has 0 atom stereocenters. The molecule has 1 amide bonds. The average Bonchev–Trinajstić information content (AvgIpc) is 3.34. The van der Waals surface area contributed by atoms with Crippen LogP contribution in [0.5, 0.6) is 0 Å². The van der Waals surface area contributed by atoms with Gasteiger partial charge in [-0.3, -0.25) is 0 Å². The van der Waals surface area contributed by atoms with Crippen LogP contribution < -0.4 is 4.90 Å². The first kappa shape index (κ1) is 22.3. The molecule has 2 saturated heterocycles. The number of alkyl halides is 2. The lowest BCUT2D eigenvalue weighted by Gasteiger charge is -2.32. The summed E-state index contributed by atoms with van der Waals surface area (Å²) in [4.78, 5) is 23.6. The zero-order chi connectivity index (χ0) is 23.1. The lowest BCUT2D eigenvalue weighted by Crippen LogP contribution is -2.41. The Morgan fingerprint density at radius 1 is 1.25 bits per heavy atom. The number of halogens is 3. The topological polar surface area (TPSA) is 84.6 Å². The van der Waals surface area contributed by atoms with Crippen LogP contribution in [0.1, 0.15) is 51.8 Å². The largest absolute Gasteiger partial charge is 0.444 e. The number of anilines is 1. The van der Waals surface area contributed by atoms with Gasteiger partial charge >= 0.3 is 6.09 Å². The van der Waals surface area contributed by atoms with E-state index in [4.69, 9.17) is 9.26 Å². The SMILES string of the molecule is CC(C)(C)OC(=O)N1CCC(c2noc(-c3cc(N4CCC(F)(F)C4)c(F)cn3)n2)CC1. The van der Waals surface area contributed by atoms with E-state index in [1.54, 1.807) is 4.90 Å². The van der Waals surface area contributed by atoms with Gasteiger partial charge < -0.3 is 19.1 Å². The number of likely N-dealkylation sites (tertiary alicyclic amines) is 1. The van der Waals surface area contributed by atoms with E-state index in [9.17, 15) is 18.0 Å². The second-order valence-corrected chi connectivity index (χ2v) is 9.25. The van der Waals surface area contributed by atoms with Gasteiger partial charge in [0.25, 0.3) is 11.8 Å². The van der Waals surface area contributed by atoms with Crippen LogP contribution in [0, 0.1) is 5.82 Å². The van der Waals surface area contributed by atoms with Crippen molar-refractivity contribution in [3.8, 4) is 11.6 Å². The van der Waals surface area contributed by atoms with Gasteiger partial charge in [0, 0.05) is 32.0 Å². The number of amides is 1. The van der Waals surface area contributed by atoms with Crippen LogP contribution in [-0.4, -0.2) is 63.8 Å². The summed E-state index contributed by atoms with van der Waals surface area (Å²) in [5, 5.41) is 4.03. The van der Waals surface area contributed by atoms with E-state index in [0.29, 0.717) is 31.8 Å². The predicted octanol–water partition coefficient (Wildman–Crippen LogP) is 4.23. The molecule has 4 rings (SSSR count). The molecule has 0 N–H and O–H groups in total. The molecule has 11 heteroatoms. The molecule has 0 aromatic carbocycles. The molecule has 2 aliphatic heterocycles. The summed E-state index contributed by atoms with van der Waals surface area (Å²) in [5.74, 6) is -2.96. The highest BCUT2D eigenvalue weighted by Gasteiger charge is 2.39. The third-order valence-corrected chi connectivity index (χ3v) is 5.52. The summed E-state index contributed by atoms with van der Waals surface area (Å²) in [6, 6.07) is 1.36. The maximum atomic E-state index is 14.2. The minimum Gasteiger partial charge on any atom is -0.444 e. The predicted molar refractivity (Wildman–Crippen MR) is 109 cm³/mol. The van der Waals surface area contributed by atoms with Crippen molar-refractivity contribution < 1.29 is 27.2 Å². The first-order valence-corrected chi connectivity index (χ1v) is 10.6. The molecule has 2 aromatic heterocycles. The number of carbonyl (C=O) groups excluding carboxylic acids is 1. The fraction of sp³-hybridized carbons (Fsp3) is 0.619. The first-order chi connectivity index (χ1) is 15.0. The van der Waals surface area contributed by atoms with Gasteiger partial charge in [0.15, 0.2) is 11.6 Å². The number of rotatable bonds is 3. The lowest BCUT2D eigenvalue weighted by molar-refractivity contribution is 0.0201. The van der Waals surface area contributed by atoms with Gasteiger partial charge in [-0.2, -0.15) is 4.98 Å². The first-order valence-electron chi connectivity index (χ1n) is 10.6. The quantitative estimate of drug-likeness (QED) is 0.688. The molecule has 32 heavy (non-hydrogen) atoms. The molecule has 174 valence electrons. The molecule has 2 fully saturated rings. The Balaban J connectivity index is 1.43. The third kappa shape index (κ3) is 4.97. The Hall–Kier alpha value is -2.85. The van der Waals surface area contributed by atoms with Crippen LogP contribution in [0.3, 0.4) is 0 Å². The maximum absolute atomic E-state index is 14.2. The van der Waals surface area contributed by atoms with Crippen molar-refractivity contribution in [2.24, 2.45) is 0 Å². The Morgan fingerprint density at radius 2 is 1.97 bits per heavy atom. The van der Waals surface area contributed by atoms with E-state index < -0.39 is 23.9 Å². The highest BCUT2D eigenvalue weighted by molar-refractivity contribution is 5.68. The second kappa shape index (κ2) is 8.25. The fourth-order valence-corrected chi connectivity index (χ4v) is 3.88. The number of nitrogens with zero attached hydrogens (tertiary/aromatic N) is 5. The zero-order valence-electron chi connectivity index (χ0n) is 18.3. The number of pyridine rings is 1. The van der Waals surface area contributed by atoms with Crippen LogP contribution in [-0.2, 0) is 4.74 Å². The molecule has 0 saturated carbocycles. The smallest absolute Gasteiger partial charge is 0.410 e. The van der Waals surface area contributed by atoms with Gasteiger partial charge in [-0.25, -0.2) is 22.9 Å². The third-order valence-electron chi connectivity index (χ3n) is 5.52. The molecular weight excluding hydrogens is 427 g/mol. The molecular formula is C21H26F3N5O3. The standard InChI is InChI=1S/C21H26F3N5O3/c1-20(2,3)31-19(30)28-7-4-13(5-8-28)17-26-18(32-27-17)15-10-16(14(22)11-25-15)29-9-6-21(23,24)12-29/h10-11,13H,4-9,12H2,1-3H3. The van der Waals surface area contributed by atoms with E-state index in [0.717, 1.165) is 6.20 Å². The van der Waals surface area contributed by atoms with Crippen molar-refractivity contribution in [2.75, 3.05) is 31.1 Å². The molecule has 8 nitrogen and oxygen atoms in total. The van der Waals surface area contributed by atoms with E-state index in [1.165, 1.54) is 11.0 Å². The van der Waals surface area contributed by atoms with E-state index in [-0.39, 0.29) is 42.2 Å². The molecule has 0 spiro atoms. The van der Waals surface area contributed by atoms with Crippen LogP contribution in [0.15, 0.2) is 16.8 Å². The Morgan fingerprint density at radius 3 is 2.59 bits per heavy atom. The number of ether oxygens (including phenoxy) is 1. The van der Waals surface area contributed by atoms with Gasteiger partial charge in [0.2, 0.25) is 0 Å². The van der Waals surface area contributed by atoms with Crippen molar-refractivity contribution in [2.45, 2.75) is 57.5 Å². The summed E-state index contributed by atoms with van der Waals surface area (Å²) in [5.41, 5.74) is -0.290. The molecule has 0 unspecified atom stereocenters. The Bertz CT molecular complexity index is 983. The van der Waals surface area contributed by atoms with Gasteiger partial charge in [0.1, 0.15) is 11.3 Å². The van der Waals surface area contributed by atoms with Crippen molar-refractivity contribution in [3.05, 3.63) is 23.9 Å². The van der Waals surface area contributed by atoms with Gasteiger partial charge in [-0.1, -0.05) is 5.16 Å². The number of hydrogen-bond donors (Lipinski definition) is 0. The normalized spacial score (nSPS) is 19.4. The Kier molecular flexibility index (Phi) is 5.76. The van der Waals surface area contributed by atoms with Crippen molar-refractivity contribution in [1.29, 1.82) is 0 Å². The highest BCUT2D eigenvalue weighted by Crippen LogP contribution is 2.34. The van der Waals surface area contributed by atoms with Gasteiger partial charge in [-0.05, 0) is 39.7 Å². The molecule has 0 radical (unpaired) electrons. The van der Waals surface area contributed by atoms with Crippen LogP contribution in [0.2, 0.25) is 0 Å². The van der Waals surface area contributed by atoms with E-state index in [2.05, 4.69) is 15.1 Å². The van der Waals surface area contributed by atoms with Crippen molar-refractivity contribution in [3.63, 3.8) is 0 Å². The second-order valence-electron chi connectivity index (χ2n) is 9.25. The fourth-order valence-electron chi connectivity index (χ4n) is 3.88. The zero-order valence-corrected chi connectivity index (χ0v) is 18.3. The minimum atomic E-state index is -2.85. The van der Waals surface area contributed by atoms with Crippen LogP contribution in [0.4, 0.5) is 23.7 Å². The number of hydrogen-bond acceptors (Lipinski definition) is 7. The highest BCUT2D eigenvalue weighted by atomic mass is 19.3. The minimum absolute atomic E-state index is 0.0108. The van der Waals surface area contributed by atoms with Crippen LogP contribution >= 0.6 is 0 Å². The molecule has 4 heterocycles. The summed E-state index contributed by atoms with van der Waals surface area (Å²) < 4.78 is 52.1. The molecule has 0 bridgehead atoms. The molecule has 0 aliphatic carbocycles. The number of carbonyl (C=O) groups is 1. The molecule has 2 aromatic rings. The summed E-state index contributed by atoms with van der Waals surface area (Å²) >= 11 is 0. The van der Waals surface area contributed by atoms with Crippen LogP contribution in [0.25, 0.3) is 11.6 Å². The van der Waals surface area contributed by atoms with Gasteiger partial charge in [0.05, 0.1) is 18.4 Å². The van der Waals surface area contributed by atoms with Gasteiger partial charge in [-0.15, -0.1) is 0 Å². The number of aromatic nitrogens is 3. The monoisotopic (exact) mass is 453 g/mol.